The second-order valence-corrected chi connectivity index (χ2v) is 4.54. The van der Waals surface area contributed by atoms with Gasteiger partial charge in [0.15, 0.2) is 0 Å². The van der Waals surface area contributed by atoms with Gasteiger partial charge in [-0.3, -0.25) is 0 Å². The van der Waals surface area contributed by atoms with Gasteiger partial charge in [-0.05, 0) is 0 Å². The predicted molar refractivity (Wildman–Crippen MR) is 46.1 cm³/mol. The zero-order valence-corrected chi connectivity index (χ0v) is 9.79. The fourth-order valence-electron chi connectivity index (χ4n) is 0.703. The van der Waals surface area contributed by atoms with Crippen molar-refractivity contribution >= 4 is 27.0 Å². The second-order valence-electron chi connectivity index (χ2n) is 2.11. The number of benzene rings is 1. The van der Waals surface area contributed by atoms with Crippen LogP contribution in [0.15, 0.2) is 30.8 Å². The van der Waals surface area contributed by atoms with Crippen LogP contribution >= 0.6 is 0 Å². The third kappa shape index (κ3) is 1.72. The Morgan fingerprint density at radius 1 is 1.22 bits per heavy atom. The minimum atomic E-state index is 0.812. The molecule has 9 heavy (non-hydrogen) atoms. The van der Waals surface area contributed by atoms with Gasteiger partial charge in [0.1, 0.15) is 0 Å². The van der Waals surface area contributed by atoms with Gasteiger partial charge in [-0.25, -0.2) is 0 Å². The van der Waals surface area contributed by atoms with Crippen molar-refractivity contribution in [3.8, 4) is 0 Å². The summed E-state index contributed by atoms with van der Waals surface area (Å²) >= 11 is 0.812. The first-order valence-corrected chi connectivity index (χ1v) is 5.12. The van der Waals surface area contributed by atoms with E-state index < -0.39 is 0 Å². The average molecular weight is 179 g/mol. The fraction of sp³-hybridized carbons (Fsp3) is 0. The molecule has 0 atom stereocenters. The summed E-state index contributed by atoms with van der Waals surface area (Å²) in [6, 6.07) is 8.54. The van der Waals surface area contributed by atoms with Crippen LogP contribution in [0.3, 0.4) is 0 Å². The average Bonchev–Trinajstić information content (AvgIpc) is 1.90. The second kappa shape index (κ2) is 2.88. The molecule has 0 spiro atoms. The Labute approximate surface area is 63.8 Å². The normalized spacial score (nSPS) is 9.33. The van der Waals surface area contributed by atoms with Crippen molar-refractivity contribution < 1.29 is 0 Å². The number of hydrogen-bond donors (Lipinski definition) is 0. The van der Waals surface area contributed by atoms with Crippen LogP contribution in [0.5, 0.6) is 0 Å². The molecule has 1 aromatic carbocycles. The van der Waals surface area contributed by atoms with E-state index in [1.54, 1.807) is 0 Å². The van der Waals surface area contributed by atoms with Crippen LogP contribution < -0.4 is 4.40 Å². The Bertz CT molecular complexity index is 198. The van der Waals surface area contributed by atoms with Gasteiger partial charge >= 0.3 is 63.4 Å². The van der Waals surface area contributed by atoms with E-state index in [1.165, 1.54) is 9.96 Å². The Balaban J connectivity index is 3.01. The summed E-state index contributed by atoms with van der Waals surface area (Å²) in [5.41, 5.74) is 1.21. The molecular formula is C8H10Ge. The quantitative estimate of drug-likeness (QED) is 0.544. The van der Waals surface area contributed by atoms with Crippen molar-refractivity contribution in [3.63, 3.8) is 0 Å². The predicted octanol–water partition coefficient (Wildman–Crippen LogP) is 0.320. The molecule has 0 radical (unpaired) electrons. The van der Waals surface area contributed by atoms with E-state index in [4.69, 9.17) is 0 Å². The van der Waals surface area contributed by atoms with Crippen LogP contribution in [0.4, 0.5) is 0 Å². The molecule has 0 aliphatic heterocycles. The van der Waals surface area contributed by atoms with Crippen molar-refractivity contribution in [2.24, 2.45) is 0 Å². The molecule has 0 bridgehead atoms. The fourth-order valence-corrected chi connectivity index (χ4v) is 1.40. The third-order valence-corrected chi connectivity index (χ3v) is 2.71. The monoisotopic (exact) mass is 180 g/mol. The third-order valence-electron chi connectivity index (χ3n) is 1.31. The summed E-state index contributed by atoms with van der Waals surface area (Å²) in [6.45, 7) is 3.68. The van der Waals surface area contributed by atoms with E-state index in [9.17, 15) is 0 Å². The molecule has 1 aromatic rings. The summed E-state index contributed by atoms with van der Waals surface area (Å²) in [6.07, 6.45) is 1.87. The maximum atomic E-state index is 3.68. The Kier molecular flexibility index (Phi) is 2.12. The Morgan fingerprint density at radius 2 is 1.78 bits per heavy atom. The van der Waals surface area contributed by atoms with Gasteiger partial charge in [-0.2, -0.15) is 0 Å². The van der Waals surface area contributed by atoms with Crippen LogP contribution in [0, 0.1) is 0 Å². The first kappa shape index (κ1) is 6.62. The van der Waals surface area contributed by atoms with Crippen molar-refractivity contribution in [2.75, 3.05) is 0 Å². The minimum absolute atomic E-state index is 0.812. The topological polar surface area (TPSA) is 0 Å². The van der Waals surface area contributed by atoms with Crippen LogP contribution in [-0.2, 0) is 0 Å². The summed E-state index contributed by atoms with van der Waals surface area (Å²) in [7, 11) is 0. The maximum absolute atomic E-state index is 3.68. The summed E-state index contributed by atoms with van der Waals surface area (Å²) < 4.78 is 1.48. The Morgan fingerprint density at radius 3 is 2.22 bits per heavy atom. The molecule has 0 saturated heterocycles. The molecule has 46 valence electrons. The van der Waals surface area contributed by atoms with E-state index >= 15 is 0 Å². The number of rotatable bonds is 1. The van der Waals surface area contributed by atoms with Gasteiger partial charge in [0.05, 0.1) is 0 Å². The van der Waals surface area contributed by atoms with Crippen LogP contribution in [0.1, 0.15) is 5.56 Å². The summed E-state index contributed by atoms with van der Waals surface area (Å²) in [5.74, 6) is 0. The van der Waals surface area contributed by atoms with Gasteiger partial charge in [-0.15, -0.1) is 0 Å². The standard InChI is InChI=1S/C8H10Ge/c1-2-7-3-5-8(9)6-4-7/h2-6H,1H2,9H3. The van der Waals surface area contributed by atoms with Gasteiger partial charge in [0, 0.05) is 0 Å². The van der Waals surface area contributed by atoms with Crippen molar-refractivity contribution in [2.45, 2.75) is 0 Å². The van der Waals surface area contributed by atoms with E-state index in [2.05, 4.69) is 30.8 Å². The first-order valence-electron chi connectivity index (χ1n) is 3.02. The SMILES string of the molecule is C=Cc1cc[c]([GeH3])cc1. The number of hydrogen-bond acceptors (Lipinski definition) is 0. The van der Waals surface area contributed by atoms with Crippen LogP contribution in [0.25, 0.3) is 6.08 Å². The van der Waals surface area contributed by atoms with E-state index in [0.717, 1.165) is 16.5 Å². The molecule has 0 aromatic heterocycles. The molecule has 0 nitrogen and oxygen atoms in total. The van der Waals surface area contributed by atoms with Crippen molar-refractivity contribution in [3.05, 3.63) is 36.4 Å². The summed E-state index contributed by atoms with van der Waals surface area (Å²) in [5, 5.41) is 0. The first-order chi connectivity index (χ1) is 4.33. The molecule has 0 N–H and O–H groups in total. The van der Waals surface area contributed by atoms with Crippen LogP contribution in [-0.4, -0.2) is 16.5 Å². The molecule has 0 saturated carbocycles. The van der Waals surface area contributed by atoms with E-state index in [-0.39, 0.29) is 0 Å². The van der Waals surface area contributed by atoms with Gasteiger partial charge < -0.3 is 0 Å². The van der Waals surface area contributed by atoms with E-state index in [0.29, 0.717) is 0 Å². The Hall–Kier alpha value is -0.497. The zero-order valence-electron chi connectivity index (χ0n) is 5.59. The molecule has 0 unspecified atom stereocenters. The molecule has 0 fully saturated rings. The molecular weight excluding hydrogens is 169 g/mol. The molecule has 0 amide bonds. The van der Waals surface area contributed by atoms with E-state index in [1.807, 2.05) is 6.08 Å². The van der Waals surface area contributed by atoms with Crippen LogP contribution in [0.2, 0.25) is 0 Å². The van der Waals surface area contributed by atoms with Crippen molar-refractivity contribution in [1.29, 1.82) is 0 Å². The molecule has 1 rings (SSSR count). The molecule has 1 heteroatoms. The molecule has 0 aliphatic rings. The zero-order chi connectivity index (χ0) is 6.69. The van der Waals surface area contributed by atoms with Crippen molar-refractivity contribution in [1.82, 2.24) is 0 Å². The molecule has 0 heterocycles. The van der Waals surface area contributed by atoms with Gasteiger partial charge in [0.25, 0.3) is 0 Å². The van der Waals surface area contributed by atoms with Gasteiger partial charge in [0.2, 0.25) is 0 Å². The molecule has 0 aliphatic carbocycles. The van der Waals surface area contributed by atoms with Gasteiger partial charge in [-0.1, -0.05) is 0 Å². The summed E-state index contributed by atoms with van der Waals surface area (Å²) in [4.78, 5) is 0.